The molecule has 0 spiro atoms. The van der Waals surface area contributed by atoms with Gasteiger partial charge in [-0.25, -0.2) is 0 Å². The van der Waals surface area contributed by atoms with E-state index in [0.717, 1.165) is 30.2 Å². The molecule has 0 saturated carbocycles. The molecule has 0 aromatic carbocycles. The van der Waals surface area contributed by atoms with E-state index in [1.165, 1.54) is 5.49 Å². The minimum absolute atomic E-state index is 0.448. The number of hydrogen-bond acceptors (Lipinski definition) is 6. The monoisotopic (exact) mass is 384 g/mol. The van der Waals surface area contributed by atoms with Crippen LogP contribution in [0.2, 0.25) is 0 Å². The summed E-state index contributed by atoms with van der Waals surface area (Å²) in [5.74, 6) is 1.57. The van der Waals surface area contributed by atoms with E-state index in [-0.39, 0.29) is 0 Å². The summed E-state index contributed by atoms with van der Waals surface area (Å²) in [6, 6.07) is 1.91. The van der Waals surface area contributed by atoms with Crippen molar-refractivity contribution < 1.29 is 4.42 Å². The molecule has 0 radical (unpaired) electrons. The van der Waals surface area contributed by atoms with Crippen LogP contribution in [0.15, 0.2) is 20.7 Å². The van der Waals surface area contributed by atoms with Gasteiger partial charge in [0.15, 0.2) is 5.11 Å². The third-order valence-corrected chi connectivity index (χ3v) is 3.22. The largest absolute Gasteiger partial charge is 0.466 e. The summed E-state index contributed by atoms with van der Waals surface area (Å²) < 4.78 is 5.54. The first-order valence-electron chi connectivity index (χ1n) is 7.98. The van der Waals surface area contributed by atoms with E-state index in [1.54, 1.807) is 0 Å². The molecule has 0 atom stereocenters. The number of nitrogens with one attached hydrogen (secondary N) is 4. The molecule has 0 aliphatic carbocycles. The summed E-state index contributed by atoms with van der Waals surface area (Å²) in [5.41, 5.74) is 8.90. The van der Waals surface area contributed by atoms with E-state index in [2.05, 4.69) is 38.6 Å². The van der Waals surface area contributed by atoms with Crippen molar-refractivity contribution in [1.82, 2.24) is 21.5 Å². The van der Waals surface area contributed by atoms with Crippen molar-refractivity contribution in [2.75, 3.05) is 20.1 Å². The lowest BCUT2D eigenvalue weighted by atomic mass is 10.1. The summed E-state index contributed by atoms with van der Waals surface area (Å²) in [5, 5.41) is 14.8. The number of aryl methyl sites for hydroxylation is 2. The molecule has 0 aliphatic rings. The molecule has 1 heterocycles. The van der Waals surface area contributed by atoms with Gasteiger partial charge in [-0.3, -0.25) is 10.9 Å². The maximum atomic E-state index is 5.54. The fourth-order valence-electron chi connectivity index (χ4n) is 1.68. The Morgan fingerprint density at radius 1 is 1.24 bits per heavy atom. The van der Waals surface area contributed by atoms with Gasteiger partial charge < -0.3 is 15.1 Å². The third-order valence-electron chi connectivity index (χ3n) is 2.88. The van der Waals surface area contributed by atoms with Crippen molar-refractivity contribution in [2.45, 2.75) is 34.6 Å². The Morgan fingerprint density at radius 2 is 1.88 bits per heavy atom. The quantitative estimate of drug-likeness (QED) is 0.326. The predicted octanol–water partition coefficient (Wildman–Crippen LogP) is 2.23. The smallest absolute Gasteiger partial charge is 0.186 e. The van der Waals surface area contributed by atoms with Crippen LogP contribution in [0.1, 0.15) is 37.9 Å². The zero-order valence-corrected chi connectivity index (χ0v) is 17.3. The Labute approximate surface area is 160 Å². The van der Waals surface area contributed by atoms with Gasteiger partial charge in [-0.2, -0.15) is 10.2 Å². The second kappa shape index (κ2) is 13.5. The van der Waals surface area contributed by atoms with Crippen LogP contribution in [0.3, 0.4) is 0 Å². The molecule has 7 nitrogen and oxygen atoms in total. The summed E-state index contributed by atoms with van der Waals surface area (Å²) in [7, 11) is 1.93. The Balaban J connectivity index is 0.00000129. The van der Waals surface area contributed by atoms with Gasteiger partial charge in [-0.1, -0.05) is 19.1 Å². The lowest BCUT2D eigenvalue weighted by Gasteiger charge is -2.08. The number of rotatable bonds is 7. The zero-order chi connectivity index (χ0) is 19.2. The minimum atomic E-state index is 0.448. The summed E-state index contributed by atoms with van der Waals surface area (Å²) in [6.45, 7) is 11.4. The molecule has 140 valence electrons. The van der Waals surface area contributed by atoms with Crippen LogP contribution in [0, 0.1) is 13.8 Å². The molecule has 4 N–H and O–H groups in total. The summed E-state index contributed by atoms with van der Waals surface area (Å²) >= 11 is 9.80. The summed E-state index contributed by atoms with van der Waals surface area (Å²) in [6.07, 6.45) is 0. The molecule has 1 aromatic rings. The van der Waals surface area contributed by atoms with Crippen LogP contribution in [-0.2, 0) is 0 Å². The number of hydrazone groups is 2. The van der Waals surface area contributed by atoms with Crippen molar-refractivity contribution >= 4 is 46.5 Å². The predicted molar refractivity (Wildman–Crippen MR) is 114 cm³/mol. The molecular weight excluding hydrogens is 356 g/mol. The average molecular weight is 385 g/mol. The Morgan fingerprint density at radius 3 is 2.32 bits per heavy atom. The van der Waals surface area contributed by atoms with Gasteiger partial charge in [0.1, 0.15) is 17.2 Å². The molecule has 25 heavy (non-hydrogen) atoms. The van der Waals surface area contributed by atoms with Crippen LogP contribution in [0.5, 0.6) is 0 Å². The first-order valence-corrected chi connectivity index (χ1v) is 8.86. The summed E-state index contributed by atoms with van der Waals surface area (Å²) in [4.78, 5) is 0. The van der Waals surface area contributed by atoms with Gasteiger partial charge in [0.05, 0.1) is 11.2 Å². The molecule has 0 bridgehead atoms. The highest BCUT2D eigenvalue weighted by atomic mass is 32.1. The number of furan rings is 1. The van der Waals surface area contributed by atoms with Gasteiger partial charge in [0.2, 0.25) is 0 Å². The molecule has 0 aliphatic heterocycles. The van der Waals surface area contributed by atoms with Crippen molar-refractivity contribution in [3.63, 3.8) is 0 Å². The van der Waals surface area contributed by atoms with Crippen molar-refractivity contribution in [1.29, 1.82) is 0 Å². The second-order valence-corrected chi connectivity index (χ2v) is 5.55. The van der Waals surface area contributed by atoms with Gasteiger partial charge >= 0.3 is 0 Å². The fraction of sp³-hybridized carbons (Fsp3) is 0.500. The van der Waals surface area contributed by atoms with E-state index < -0.39 is 0 Å². The SMILES string of the molecule is CCNC.CCNC(=S)N/N=C(/C(C)=N/NC=S)c1cc(C)oc1C. The lowest BCUT2D eigenvalue weighted by molar-refractivity contribution is 0.504. The van der Waals surface area contributed by atoms with Crippen LogP contribution >= 0.6 is 24.4 Å². The molecule has 1 rings (SSSR count). The van der Waals surface area contributed by atoms with Crippen LogP contribution in [0.25, 0.3) is 0 Å². The van der Waals surface area contributed by atoms with Crippen LogP contribution in [0.4, 0.5) is 0 Å². The van der Waals surface area contributed by atoms with Crippen molar-refractivity contribution in [3.05, 3.63) is 23.2 Å². The molecule has 9 heteroatoms. The van der Waals surface area contributed by atoms with Gasteiger partial charge in [-0.15, -0.1) is 0 Å². The minimum Gasteiger partial charge on any atom is -0.466 e. The highest BCUT2D eigenvalue weighted by Gasteiger charge is 2.15. The molecule has 0 amide bonds. The van der Waals surface area contributed by atoms with E-state index in [0.29, 0.717) is 16.5 Å². The average Bonchev–Trinajstić information content (AvgIpc) is 2.91. The van der Waals surface area contributed by atoms with Crippen LogP contribution < -0.4 is 21.5 Å². The van der Waals surface area contributed by atoms with E-state index in [1.807, 2.05) is 40.8 Å². The topological polar surface area (TPSA) is 86.0 Å². The molecule has 0 saturated heterocycles. The first-order chi connectivity index (χ1) is 11.9. The third kappa shape index (κ3) is 9.28. The molecule has 1 aromatic heterocycles. The zero-order valence-electron chi connectivity index (χ0n) is 15.7. The lowest BCUT2D eigenvalue weighted by Crippen LogP contribution is -2.33. The fourth-order valence-corrected chi connectivity index (χ4v) is 1.93. The van der Waals surface area contributed by atoms with E-state index >= 15 is 0 Å². The second-order valence-electron chi connectivity index (χ2n) is 4.91. The normalized spacial score (nSPS) is 11.3. The van der Waals surface area contributed by atoms with Gasteiger partial charge in [-0.05, 0) is 59.6 Å². The highest BCUT2D eigenvalue weighted by Crippen LogP contribution is 2.15. The molecule has 0 fully saturated rings. The van der Waals surface area contributed by atoms with Crippen LogP contribution in [-0.4, -0.2) is 42.2 Å². The first kappa shape index (κ1) is 23.2. The highest BCUT2D eigenvalue weighted by molar-refractivity contribution is 7.80. The van der Waals surface area contributed by atoms with Gasteiger partial charge in [0, 0.05) is 12.1 Å². The Bertz CT molecular complexity index is 608. The Kier molecular flexibility index (Phi) is 12.5. The van der Waals surface area contributed by atoms with Crippen molar-refractivity contribution in [2.24, 2.45) is 10.2 Å². The van der Waals surface area contributed by atoms with E-state index in [4.69, 9.17) is 28.9 Å². The molecular formula is C16H28N6OS2. The standard InChI is InChI=1S/C13H19N5OS2.C3H9N/c1-5-14-13(21)18-17-12(9(3)16-15-7-20)11-6-8(2)19-10(11)4;1-3-4-2/h6-7H,5H2,1-4H3,(H,15,20)(H2,14,18,21);4H,3H2,1-2H3/b16-9+,17-12-;. The van der Waals surface area contributed by atoms with Crippen molar-refractivity contribution in [3.8, 4) is 0 Å². The van der Waals surface area contributed by atoms with Gasteiger partial charge in [0.25, 0.3) is 0 Å². The maximum Gasteiger partial charge on any atom is 0.186 e. The molecule has 0 unspecified atom stereocenters. The number of hydrogen-bond donors (Lipinski definition) is 4. The Hall–Kier alpha value is -1.84. The van der Waals surface area contributed by atoms with E-state index in [9.17, 15) is 0 Å². The maximum absolute atomic E-state index is 5.54. The number of nitrogens with zero attached hydrogens (tertiary/aromatic N) is 2. The number of thiocarbonyl (C=S) groups is 2.